The first-order chi connectivity index (χ1) is 25.4. The van der Waals surface area contributed by atoms with Crippen molar-refractivity contribution in [1.82, 2.24) is 25.2 Å². The second-order valence-electron chi connectivity index (χ2n) is 17.2. The predicted octanol–water partition coefficient (Wildman–Crippen LogP) is 3.89. The number of alkyl carbamates (subject to hydrolysis) is 1. The van der Waals surface area contributed by atoms with Crippen molar-refractivity contribution in [2.45, 2.75) is 127 Å². The van der Waals surface area contributed by atoms with Crippen LogP contribution in [0.2, 0.25) is 0 Å². The molecule has 0 aromatic heterocycles. The zero-order valence-electron chi connectivity index (χ0n) is 31.4. The minimum atomic E-state index is -3.91. The zero-order valence-corrected chi connectivity index (χ0v) is 32.2. The maximum absolute atomic E-state index is 14.6. The predicted molar refractivity (Wildman–Crippen MR) is 198 cm³/mol. The number of allylic oxidation sites excluding steroid dienone is 1. The third-order valence-corrected chi connectivity index (χ3v) is 13.7. The monoisotopic (exact) mass is 765 g/mol. The normalized spacial score (nSPS) is 33.3. The molecule has 1 aromatic carbocycles. The number of benzene rings is 1. The van der Waals surface area contributed by atoms with Crippen molar-refractivity contribution in [3.63, 3.8) is 0 Å². The van der Waals surface area contributed by atoms with Crippen LogP contribution in [0.4, 0.5) is 9.59 Å². The summed E-state index contributed by atoms with van der Waals surface area (Å²) in [7, 11) is -3.91. The molecule has 3 N–H and O–H groups in total. The Hall–Kier alpha value is -4.40. The molecule has 3 heterocycles. The number of ether oxygens (including phenoxy) is 2. The fraction of sp³-hybridized carbons (Fsp3) is 0.615. The van der Waals surface area contributed by atoms with E-state index in [1.807, 2.05) is 25.1 Å². The van der Waals surface area contributed by atoms with Gasteiger partial charge < -0.3 is 25.0 Å². The van der Waals surface area contributed by atoms with Gasteiger partial charge in [0.25, 0.3) is 5.91 Å². The van der Waals surface area contributed by atoms with Crippen molar-refractivity contribution in [1.29, 1.82) is 0 Å². The minimum absolute atomic E-state index is 0.0873. The van der Waals surface area contributed by atoms with Gasteiger partial charge in [-0.05, 0) is 74.0 Å². The summed E-state index contributed by atoms with van der Waals surface area (Å²) < 4.78 is 39.4. The van der Waals surface area contributed by atoms with E-state index in [0.717, 1.165) is 36.0 Å². The fourth-order valence-corrected chi connectivity index (χ4v) is 9.54. The standard InChI is InChI=1S/C39H51N5O9S/c1-6-25-19-39(25,34(47)42-54(50,51)28-15-16-28)41-32(45)30-17-27-21-44(30)33(46)31(37(2,3)4)40-35(48)53-38(5)18-26(38)14-9-7-8-11-23-12-10-13-24-20-43(22-29(23)24)36(49)52-27/h6,8,10-13,25-28,30-31H,1,7,9,14-22H2,2-5H3,(H,40,48)(H,41,45)(H,42,47)/b11-8+/t25-,26-,27-,30+,31-,38-,39-/m1/s1. The highest BCUT2D eigenvalue weighted by Gasteiger charge is 2.62. The van der Waals surface area contributed by atoms with Crippen molar-refractivity contribution >= 4 is 46.0 Å². The van der Waals surface area contributed by atoms with Crippen molar-refractivity contribution < 1.29 is 41.9 Å². The maximum Gasteiger partial charge on any atom is 0.410 e. The van der Waals surface area contributed by atoms with E-state index in [0.29, 0.717) is 32.4 Å². The van der Waals surface area contributed by atoms with Gasteiger partial charge in [0.05, 0.1) is 18.3 Å². The molecule has 4 fully saturated rings. The van der Waals surface area contributed by atoms with Gasteiger partial charge in [-0.3, -0.25) is 24.0 Å². The topological polar surface area (TPSA) is 181 Å². The van der Waals surface area contributed by atoms with Crippen LogP contribution in [0.15, 0.2) is 36.9 Å². The van der Waals surface area contributed by atoms with Crippen LogP contribution in [0, 0.1) is 17.3 Å². The molecule has 0 radical (unpaired) electrons. The Morgan fingerprint density at radius 1 is 1.09 bits per heavy atom. The smallest absolute Gasteiger partial charge is 0.410 e. The Labute approximate surface area is 316 Å². The molecule has 7 rings (SSSR count). The maximum atomic E-state index is 14.6. The van der Waals surface area contributed by atoms with Crippen LogP contribution in [0.3, 0.4) is 0 Å². The molecule has 292 valence electrons. The number of amides is 5. The summed E-state index contributed by atoms with van der Waals surface area (Å²) in [6.07, 6.45) is 7.72. The molecule has 0 unspecified atom stereocenters. The van der Waals surface area contributed by atoms with Crippen LogP contribution in [0.5, 0.6) is 0 Å². The number of fused-ring (bicyclic) bond motifs is 4. The van der Waals surface area contributed by atoms with Gasteiger partial charge in [-0.15, -0.1) is 6.58 Å². The van der Waals surface area contributed by atoms with Gasteiger partial charge in [-0.2, -0.15) is 0 Å². The van der Waals surface area contributed by atoms with Crippen molar-refractivity contribution in [2.24, 2.45) is 17.3 Å². The van der Waals surface area contributed by atoms with Crippen LogP contribution in [-0.2, 0) is 47.0 Å². The van der Waals surface area contributed by atoms with Crippen LogP contribution in [0.1, 0.15) is 95.8 Å². The quantitative estimate of drug-likeness (QED) is 0.362. The summed E-state index contributed by atoms with van der Waals surface area (Å²) in [5.74, 6) is -2.52. The first kappa shape index (κ1) is 37.9. The van der Waals surface area contributed by atoms with Gasteiger partial charge in [0.1, 0.15) is 29.3 Å². The van der Waals surface area contributed by atoms with Crippen LogP contribution < -0.4 is 15.4 Å². The van der Waals surface area contributed by atoms with Crippen LogP contribution >= 0.6 is 0 Å². The Morgan fingerprint density at radius 3 is 2.54 bits per heavy atom. The number of hydrogen-bond donors (Lipinski definition) is 3. The average molecular weight is 766 g/mol. The summed E-state index contributed by atoms with van der Waals surface area (Å²) in [6.45, 7) is 11.5. The Balaban J connectivity index is 1.17. The largest absolute Gasteiger partial charge is 0.444 e. The minimum Gasteiger partial charge on any atom is -0.444 e. The highest BCUT2D eigenvalue weighted by atomic mass is 32.2. The molecule has 5 amide bonds. The van der Waals surface area contributed by atoms with Gasteiger partial charge in [-0.1, -0.05) is 57.2 Å². The Morgan fingerprint density at radius 2 is 1.85 bits per heavy atom. The van der Waals surface area contributed by atoms with E-state index in [1.54, 1.807) is 25.7 Å². The summed E-state index contributed by atoms with van der Waals surface area (Å²) >= 11 is 0. The lowest BCUT2D eigenvalue weighted by molar-refractivity contribution is -0.143. The molecule has 1 aromatic rings. The number of carbonyl (C=O) groups excluding carboxylic acids is 5. The van der Waals surface area contributed by atoms with E-state index in [1.165, 1.54) is 11.0 Å². The Bertz CT molecular complexity index is 1900. The van der Waals surface area contributed by atoms with Crippen molar-refractivity contribution in [3.05, 3.63) is 53.6 Å². The van der Waals surface area contributed by atoms with Gasteiger partial charge in [0.2, 0.25) is 21.8 Å². The van der Waals surface area contributed by atoms with Gasteiger partial charge >= 0.3 is 12.2 Å². The van der Waals surface area contributed by atoms with E-state index < -0.39 is 85.8 Å². The summed E-state index contributed by atoms with van der Waals surface area (Å²) in [4.78, 5) is 72.2. The lowest BCUT2D eigenvalue weighted by Crippen LogP contribution is -2.60. The molecule has 1 saturated heterocycles. The molecular formula is C39H51N5O9S. The SMILES string of the molecule is C=C[C@@H]1C[C@]1(NC(=O)[C@@H]1C[C@@H]2CN1C(=O)[C@H](C(C)(C)C)NC(=O)O[C@]1(C)C[C@H]1CCC/C=C/c1cccc3c1CN(C3)C(=O)O2)C(=O)NS(=O)(=O)C1CC1. The van der Waals surface area contributed by atoms with E-state index in [2.05, 4.69) is 34.1 Å². The molecule has 0 spiro atoms. The van der Waals surface area contributed by atoms with E-state index in [-0.39, 0.29) is 25.3 Å². The van der Waals surface area contributed by atoms with E-state index >= 15 is 0 Å². The number of sulfonamides is 1. The first-order valence-corrected chi connectivity index (χ1v) is 20.5. The summed E-state index contributed by atoms with van der Waals surface area (Å²) in [6, 6.07) is 3.61. The second kappa shape index (κ2) is 13.7. The number of nitrogens with one attached hydrogen (secondary N) is 3. The Kier molecular flexibility index (Phi) is 9.63. The third kappa shape index (κ3) is 7.47. The lowest BCUT2D eigenvalue weighted by Gasteiger charge is -2.35. The first-order valence-electron chi connectivity index (χ1n) is 19.0. The number of hydrogen-bond acceptors (Lipinski definition) is 9. The van der Waals surface area contributed by atoms with E-state index in [4.69, 9.17) is 9.47 Å². The molecule has 6 aliphatic rings. The summed E-state index contributed by atoms with van der Waals surface area (Å²) in [5, 5.41) is 4.89. The average Bonchev–Trinajstić information content (AvgIpc) is 4.05. The molecule has 54 heavy (non-hydrogen) atoms. The molecule has 3 saturated carbocycles. The molecule has 15 heteroatoms. The molecule has 7 atom stereocenters. The van der Waals surface area contributed by atoms with Gasteiger partial charge in [0.15, 0.2) is 0 Å². The van der Waals surface area contributed by atoms with Crippen molar-refractivity contribution in [3.8, 4) is 0 Å². The fourth-order valence-electron chi connectivity index (χ4n) is 8.17. The highest BCUT2D eigenvalue weighted by molar-refractivity contribution is 7.91. The molecule has 3 aliphatic heterocycles. The zero-order chi connectivity index (χ0) is 38.8. The highest BCUT2D eigenvalue weighted by Crippen LogP contribution is 2.50. The van der Waals surface area contributed by atoms with E-state index in [9.17, 15) is 32.4 Å². The van der Waals surface area contributed by atoms with Crippen molar-refractivity contribution in [2.75, 3.05) is 6.54 Å². The molecule has 14 nitrogen and oxygen atoms in total. The third-order valence-electron chi connectivity index (χ3n) is 11.9. The lowest BCUT2D eigenvalue weighted by atomic mass is 9.85. The molecular weight excluding hydrogens is 715 g/mol. The van der Waals surface area contributed by atoms with Crippen LogP contribution in [0.25, 0.3) is 6.08 Å². The van der Waals surface area contributed by atoms with Gasteiger partial charge in [0, 0.05) is 24.8 Å². The van der Waals surface area contributed by atoms with Crippen LogP contribution in [-0.4, -0.2) is 89.2 Å². The van der Waals surface area contributed by atoms with Gasteiger partial charge in [-0.25, -0.2) is 18.0 Å². The molecule has 3 aliphatic carbocycles. The number of rotatable bonds is 6. The molecule has 4 bridgehead atoms. The second-order valence-corrected chi connectivity index (χ2v) is 19.1. The number of carbonyl (C=O) groups is 5. The summed E-state index contributed by atoms with van der Waals surface area (Å²) in [5.41, 5.74) is -0.00828. The number of nitrogens with zero attached hydrogens (tertiary/aromatic N) is 2.